The summed E-state index contributed by atoms with van der Waals surface area (Å²) in [6.07, 6.45) is 10.3. The lowest BCUT2D eigenvalue weighted by Gasteiger charge is -2.22. The predicted molar refractivity (Wildman–Crippen MR) is 79.3 cm³/mol. The van der Waals surface area contributed by atoms with Gasteiger partial charge in [0.05, 0.1) is 11.9 Å². The molecule has 2 aromatic heterocycles. The van der Waals surface area contributed by atoms with Gasteiger partial charge in [0.25, 0.3) is 5.91 Å². The fourth-order valence-corrected chi connectivity index (χ4v) is 3.10. The molecule has 5 heteroatoms. The van der Waals surface area contributed by atoms with Gasteiger partial charge in [0, 0.05) is 12.0 Å². The Bertz CT molecular complexity index is 668. The summed E-state index contributed by atoms with van der Waals surface area (Å²) in [5, 5.41) is 7.52. The van der Waals surface area contributed by atoms with Crippen molar-refractivity contribution in [1.82, 2.24) is 19.9 Å². The molecule has 4 rings (SSSR count). The monoisotopic (exact) mass is 284 g/mol. The van der Waals surface area contributed by atoms with Crippen molar-refractivity contribution in [2.75, 3.05) is 0 Å². The van der Waals surface area contributed by atoms with E-state index in [0.717, 1.165) is 24.2 Å². The summed E-state index contributed by atoms with van der Waals surface area (Å²) in [6, 6.07) is 3.97. The number of fused-ring (bicyclic) bond motifs is 1. The Kier molecular flexibility index (Phi) is 3.13. The second-order valence-corrected chi connectivity index (χ2v) is 6.27. The van der Waals surface area contributed by atoms with E-state index >= 15 is 0 Å². The average Bonchev–Trinajstić information content (AvgIpc) is 3.27. The molecule has 0 spiro atoms. The highest BCUT2D eigenvalue weighted by Gasteiger charge is 2.26. The summed E-state index contributed by atoms with van der Waals surface area (Å²) in [4.78, 5) is 16.9. The number of nitrogens with zero attached hydrogens (tertiary/aromatic N) is 3. The van der Waals surface area contributed by atoms with Crippen LogP contribution >= 0.6 is 0 Å². The van der Waals surface area contributed by atoms with Crippen LogP contribution in [0.5, 0.6) is 0 Å². The van der Waals surface area contributed by atoms with E-state index in [2.05, 4.69) is 15.4 Å². The second-order valence-electron chi connectivity index (χ2n) is 6.27. The number of carbonyl (C=O) groups excluding carboxylic acids is 1. The molecule has 2 saturated carbocycles. The van der Waals surface area contributed by atoms with Gasteiger partial charge < -0.3 is 5.32 Å². The first-order valence-corrected chi connectivity index (χ1v) is 7.97. The van der Waals surface area contributed by atoms with Crippen LogP contribution in [0.1, 0.15) is 67.0 Å². The van der Waals surface area contributed by atoms with Crippen LogP contribution in [0.2, 0.25) is 0 Å². The number of hydrogen-bond acceptors (Lipinski definition) is 3. The van der Waals surface area contributed by atoms with Gasteiger partial charge >= 0.3 is 0 Å². The van der Waals surface area contributed by atoms with Gasteiger partial charge in [0.1, 0.15) is 5.69 Å². The Morgan fingerprint density at radius 2 is 1.95 bits per heavy atom. The minimum Gasteiger partial charge on any atom is -0.348 e. The van der Waals surface area contributed by atoms with Gasteiger partial charge in [0.2, 0.25) is 0 Å². The Balaban J connectivity index is 1.53. The third-order valence-corrected chi connectivity index (χ3v) is 4.51. The molecule has 2 heterocycles. The standard InChI is InChI=1S/C16H20N4O/c21-16(17-12-4-2-1-3-5-12)13-8-9-15-18-14(11-6-7-11)10-20(15)19-13/h8-12H,1-7H2,(H,17,21). The Morgan fingerprint density at radius 1 is 1.14 bits per heavy atom. The topological polar surface area (TPSA) is 59.3 Å². The van der Waals surface area contributed by atoms with E-state index in [0.29, 0.717) is 17.7 Å². The maximum Gasteiger partial charge on any atom is 0.271 e. The maximum atomic E-state index is 12.3. The van der Waals surface area contributed by atoms with E-state index < -0.39 is 0 Å². The van der Waals surface area contributed by atoms with Gasteiger partial charge in [-0.2, -0.15) is 5.10 Å². The first kappa shape index (κ1) is 12.8. The van der Waals surface area contributed by atoms with Crippen molar-refractivity contribution in [2.24, 2.45) is 0 Å². The number of nitrogens with one attached hydrogen (secondary N) is 1. The first-order valence-electron chi connectivity index (χ1n) is 7.97. The van der Waals surface area contributed by atoms with Gasteiger partial charge in [-0.25, -0.2) is 9.50 Å². The predicted octanol–water partition coefficient (Wildman–Crippen LogP) is 2.67. The molecule has 21 heavy (non-hydrogen) atoms. The molecule has 1 N–H and O–H groups in total. The van der Waals surface area contributed by atoms with Gasteiger partial charge in [-0.1, -0.05) is 19.3 Å². The largest absolute Gasteiger partial charge is 0.348 e. The van der Waals surface area contributed by atoms with Crippen LogP contribution in [0.25, 0.3) is 5.65 Å². The molecule has 1 amide bonds. The van der Waals surface area contributed by atoms with Crippen LogP contribution in [0, 0.1) is 0 Å². The number of amides is 1. The van der Waals surface area contributed by atoms with Gasteiger partial charge in [-0.3, -0.25) is 4.79 Å². The Morgan fingerprint density at radius 3 is 2.71 bits per heavy atom. The molecule has 0 bridgehead atoms. The minimum absolute atomic E-state index is 0.0644. The lowest BCUT2D eigenvalue weighted by molar-refractivity contribution is 0.0921. The van der Waals surface area contributed by atoms with Crippen molar-refractivity contribution in [3.8, 4) is 0 Å². The molecule has 0 unspecified atom stereocenters. The zero-order valence-electron chi connectivity index (χ0n) is 12.1. The number of aromatic nitrogens is 3. The fraction of sp³-hybridized carbons (Fsp3) is 0.562. The van der Waals surface area contributed by atoms with Gasteiger partial charge in [0.15, 0.2) is 5.65 Å². The molecule has 0 aromatic carbocycles. The highest BCUT2D eigenvalue weighted by atomic mass is 16.2. The van der Waals surface area contributed by atoms with Gasteiger partial charge in [-0.05, 0) is 37.8 Å². The summed E-state index contributed by atoms with van der Waals surface area (Å²) in [5.41, 5.74) is 2.41. The van der Waals surface area contributed by atoms with Crippen molar-refractivity contribution >= 4 is 11.6 Å². The summed E-state index contributed by atoms with van der Waals surface area (Å²) in [5.74, 6) is 0.539. The minimum atomic E-state index is -0.0644. The normalized spacial score (nSPS) is 19.8. The SMILES string of the molecule is O=C(NC1CCCCC1)c1ccc2nc(C3CC3)cn2n1. The molecule has 2 fully saturated rings. The summed E-state index contributed by atoms with van der Waals surface area (Å²) in [6.45, 7) is 0. The van der Waals surface area contributed by atoms with Gasteiger partial charge in [-0.15, -0.1) is 0 Å². The van der Waals surface area contributed by atoms with Crippen molar-refractivity contribution in [2.45, 2.75) is 56.9 Å². The van der Waals surface area contributed by atoms with Crippen LogP contribution in [-0.2, 0) is 0 Å². The molecule has 0 radical (unpaired) electrons. The van der Waals surface area contributed by atoms with E-state index in [-0.39, 0.29) is 5.91 Å². The fourth-order valence-electron chi connectivity index (χ4n) is 3.10. The quantitative estimate of drug-likeness (QED) is 0.942. The molecule has 5 nitrogen and oxygen atoms in total. The van der Waals surface area contributed by atoms with Crippen molar-refractivity contribution < 1.29 is 4.79 Å². The highest BCUT2D eigenvalue weighted by molar-refractivity contribution is 5.92. The van der Waals surface area contributed by atoms with E-state index in [1.165, 1.54) is 32.1 Å². The number of imidazole rings is 1. The molecule has 2 aromatic rings. The van der Waals surface area contributed by atoms with Crippen LogP contribution in [0.15, 0.2) is 18.3 Å². The third-order valence-electron chi connectivity index (χ3n) is 4.51. The smallest absolute Gasteiger partial charge is 0.271 e. The molecule has 0 atom stereocenters. The highest BCUT2D eigenvalue weighted by Crippen LogP contribution is 2.39. The second kappa shape index (κ2) is 5.13. The zero-order valence-corrected chi connectivity index (χ0v) is 12.1. The number of hydrogen-bond donors (Lipinski definition) is 1. The lowest BCUT2D eigenvalue weighted by atomic mass is 9.95. The molecule has 2 aliphatic carbocycles. The van der Waals surface area contributed by atoms with Crippen LogP contribution in [-0.4, -0.2) is 26.5 Å². The summed E-state index contributed by atoms with van der Waals surface area (Å²) in [7, 11) is 0. The molecule has 110 valence electrons. The van der Waals surface area contributed by atoms with E-state index in [9.17, 15) is 4.79 Å². The van der Waals surface area contributed by atoms with E-state index in [1.54, 1.807) is 10.6 Å². The summed E-state index contributed by atoms with van der Waals surface area (Å²) >= 11 is 0. The first-order chi connectivity index (χ1) is 10.3. The zero-order chi connectivity index (χ0) is 14.2. The Hall–Kier alpha value is -1.91. The van der Waals surface area contributed by atoms with Crippen LogP contribution in [0.4, 0.5) is 0 Å². The average molecular weight is 284 g/mol. The Labute approximate surface area is 123 Å². The number of rotatable bonds is 3. The molecule has 0 saturated heterocycles. The molecular formula is C16H20N4O. The molecule has 2 aliphatic rings. The lowest BCUT2D eigenvalue weighted by Crippen LogP contribution is -2.36. The van der Waals surface area contributed by atoms with Crippen molar-refractivity contribution in [3.05, 3.63) is 29.7 Å². The van der Waals surface area contributed by atoms with E-state index in [1.807, 2.05) is 12.3 Å². The molecular weight excluding hydrogens is 264 g/mol. The maximum absolute atomic E-state index is 12.3. The number of carbonyl (C=O) groups is 1. The third kappa shape index (κ3) is 2.64. The summed E-state index contributed by atoms with van der Waals surface area (Å²) < 4.78 is 1.74. The van der Waals surface area contributed by atoms with Crippen molar-refractivity contribution in [3.63, 3.8) is 0 Å². The van der Waals surface area contributed by atoms with E-state index in [4.69, 9.17) is 0 Å². The van der Waals surface area contributed by atoms with Crippen LogP contribution < -0.4 is 5.32 Å². The van der Waals surface area contributed by atoms with Crippen LogP contribution in [0.3, 0.4) is 0 Å². The molecule has 0 aliphatic heterocycles. The van der Waals surface area contributed by atoms with Crippen molar-refractivity contribution in [1.29, 1.82) is 0 Å².